The van der Waals surface area contributed by atoms with Crippen LogP contribution in [0.4, 0.5) is 0 Å². The van der Waals surface area contributed by atoms with Crippen LogP contribution < -0.4 is 5.73 Å². The van der Waals surface area contributed by atoms with Gasteiger partial charge in [-0.25, -0.2) is 0 Å². The highest BCUT2D eigenvalue weighted by Gasteiger charge is 2.44. The molecule has 0 bridgehead atoms. The van der Waals surface area contributed by atoms with Crippen molar-refractivity contribution >= 4 is 0 Å². The standard InChI is InChI=1S/C15H30N2/c1-11-5-12(2)7-15(6-11,10-16)17-8-13(3)14(4)9-17/h11-14H,5-10,16H2,1-4H3. The molecule has 2 fully saturated rings. The molecule has 1 aliphatic heterocycles. The SMILES string of the molecule is CC1CC(C)CC(CN)(N2CC(C)C(C)C2)C1. The van der Waals surface area contributed by atoms with E-state index in [0.717, 1.165) is 30.2 Å². The Morgan fingerprint density at radius 3 is 1.88 bits per heavy atom. The Hall–Kier alpha value is -0.0800. The van der Waals surface area contributed by atoms with Crippen molar-refractivity contribution in [2.24, 2.45) is 29.4 Å². The summed E-state index contributed by atoms with van der Waals surface area (Å²) in [5.74, 6) is 3.36. The van der Waals surface area contributed by atoms with Gasteiger partial charge in [0.15, 0.2) is 0 Å². The Balaban J connectivity index is 2.13. The fourth-order valence-electron chi connectivity index (χ4n) is 4.31. The third-order valence-corrected chi connectivity index (χ3v) is 5.30. The van der Waals surface area contributed by atoms with E-state index in [-0.39, 0.29) is 0 Å². The molecule has 0 aromatic rings. The molecule has 4 unspecified atom stereocenters. The van der Waals surface area contributed by atoms with E-state index in [4.69, 9.17) is 5.73 Å². The Morgan fingerprint density at radius 1 is 1.00 bits per heavy atom. The second kappa shape index (κ2) is 4.89. The Kier molecular flexibility index (Phi) is 3.84. The number of hydrogen-bond acceptors (Lipinski definition) is 2. The topological polar surface area (TPSA) is 29.3 Å². The van der Waals surface area contributed by atoms with Crippen molar-refractivity contribution in [2.75, 3.05) is 19.6 Å². The van der Waals surface area contributed by atoms with Crippen LogP contribution in [-0.2, 0) is 0 Å². The van der Waals surface area contributed by atoms with Gasteiger partial charge in [0.1, 0.15) is 0 Å². The molecule has 0 spiro atoms. The first-order valence-electron chi connectivity index (χ1n) is 7.42. The van der Waals surface area contributed by atoms with E-state index in [0.29, 0.717) is 5.54 Å². The minimum absolute atomic E-state index is 0.316. The minimum atomic E-state index is 0.316. The first kappa shape index (κ1) is 13.4. The highest BCUT2D eigenvalue weighted by Crippen LogP contribution is 2.42. The van der Waals surface area contributed by atoms with Gasteiger partial charge in [0.25, 0.3) is 0 Å². The van der Waals surface area contributed by atoms with E-state index in [1.165, 1.54) is 32.4 Å². The molecule has 0 aromatic heterocycles. The lowest BCUT2D eigenvalue weighted by atomic mass is 9.70. The monoisotopic (exact) mass is 238 g/mol. The fraction of sp³-hybridized carbons (Fsp3) is 1.00. The van der Waals surface area contributed by atoms with Gasteiger partial charge in [0, 0.05) is 25.2 Å². The lowest BCUT2D eigenvalue weighted by Crippen LogP contribution is -2.56. The first-order chi connectivity index (χ1) is 7.97. The molecule has 2 rings (SSSR count). The van der Waals surface area contributed by atoms with Crippen molar-refractivity contribution in [3.63, 3.8) is 0 Å². The van der Waals surface area contributed by atoms with Crippen LogP contribution in [0, 0.1) is 23.7 Å². The van der Waals surface area contributed by atoms with Gasteiger partial charge in [-0.1, -0.05) is 27.7 Å². The van der Waals surface area contributed by atoms with Crippen LogP contribution in [0.15, 0.2) is 0 Å². The zero-order valence-corrected chi connectivity index (χ0v) is 12.1. The van der Waals surface area contributed by atoms with Gasteiger partial charge in [-0.2, -0.15) is 0 Å². The summed E-state index contributed by atoms with van der Waals surface area (Å²) in [6, 6.07) is 0. The number of nitrogens with zero attached hydrogens (tertiary/aromatic N) is 1. The molecule has 2 nitrogen and oxygen atoms in total. The van der Waals surface area contributed by atoms with Crippen LogP contribution in [0.25, 0.3) is 0 Å². The Morgan fingerprint density at radius 2 is 1.47 bits per heavy atom. The average molecular weight is 238 g/mol. The summed E-state index contributed by atoms with van der Waals surface area (Å²) in [6.07, 6.45) is 4.02. The molecule has 100 valence electrons. The van der Waals surface area contributed by atoms with E-state index in [1.54, 1.807) is 0 Å². The molecule has 1 aliphatic carbocycles. The number of rotatable bonds is 2. The van der Waals surface area contributed by atoms with Crippen molar-refractivity contribution < 1.29 is 0 Å². The van der Waals surface area contributed by atoms with Crippen LogP contribution in [0.3, 0.4) is 0 Å². The summed E-state index contributed by atoms with van der Waals surface area (Å²) in [6.45, 7) is 13.0. The molecule has 2 N–H and O–H groups in total. The number of nitrogens with two attached hydrogens (primary N) is 1. The van der Waals surface area contributed by atoms with Crippen LogP contribution in [0.1, 0.15) is 47.0 Å². The van der Waals surface area contributed by atoms with Gasteiger partial charge in [0.2, 0.25) is 0 Å². The second-order valence-electron chi connectivity index (χ2n) is 7.14. The molecular weight excluding hydrogens is 208 g/mol. The summed E-state index contributed by atoms with van der Waals surface area (Å²) in [5, 5.41) is 0. The lowest BCUT2D eigenvalue weighted by Gasteiger charge is -2.48. The van der Waals surface area contributed by atoms with Crippen LogP contribution in [0.5, 0.6) is 0 Å². The zero-order chi connectivity index (χ0) is 12.6. The maximum atomic E-state index is 6.19. The Bertz CT molecular complexity index is 244. The van der Waals surface area contributed by atoms with Crippen molar-refractivity contribution in [2.45, 2.75) is 52.5 Å². The van der Waals surface area contributed by atoms with E-state index >= 15 is 0 Å². The lowest BCUT2D eigenvalue weighted by molar-refractivity contribution is 0.0333. The number of hydrogen-bond donors (Lipinski definition) is 1. The minimum Gasteiger partial charge on any atom is -0.329 e. The molecule has 2 aliphatic rings. The van der Waals surface area contributed by atoms with E-state index in [9.17, 15) is 0 Å². The molecular formula is C15H30N2. The maximum absolute atomic E-state index is 6.19. The molecule has 0 amide bonds. The summed E-state index contributed by atoms with van der Waals surface area (Å²) < 4.78 is 0. The average Bonchev–Trinajstić information content (AvgIpc) is 2.58. The van der Waals surface area contributed by atoms with Gasteiger partial charge < -0.3 is 5.73 Å². The normalized spacial score (nSPS) is 48.5. The van der Waals surface area contributed by atoms with Gasteiger partial charge in [-0.3, -0.25) is 4.90 Å². The summed E-state index contributed by atoms with van der Waals surface area (Å²) >= 11 is 0. The van der Waals surface area contributed by atoms with Gasteiger partial charge in [-0.05, 0) is 42.9 Å². The smallest absolute Gasteiger partial charge is 0.0337 e. The molecule has 4 atom stereocenters. The van der Waals surface area contributed by atoms with Gasteiger partial charge >= 0.3 is 0 Å². The predicted octanol–water partition coefficient (Wildman–Crippen LogP) is 2.73. The van der Waals surface area contributed by atoms with E-state index in [2.05, 4.69) is 32.6 Å². The highest BCUT2D eigenvalue weighted by atomic mass is 15.2. The summed E-state index contributed by atoms with van der Waals surface area (Å²) in [7, 11) is 0. The highest BCUT2D eigenvalue weighted by molar-refractivity contribution is 5.00. The molecule has 2 heteroatoms. The molecule has 17 heavy (non-hydrogen) atoms. The van der Waals surface area contributed by atoms with Crippen LogP contribution in [0.2, 0.25) is 0 Å². The second-order valence-corrected chi connectivity index (χ2v) is 7.14. The molecule has 1 saturated heterocycles. The summed E-state index contributed by atoms with van der Waals surface area (Å²) in [5.41, 5.74) is 6.51. The van der Waals surface area contributed by atoms with Crippen molar-refractivity contribution in [1.82, 2.24) is 4.90 Å². The van der Waals surface area contributed by atoms with Gasteiger partial charge in [0.05, 0.1) is 0 Å². The molecule has 1 saturated carbocycles. The van der Waals surface area contributed by atoms with Crippen LogP contribution >= 0.6 is 0 Å². The quantitative estimate of drug-likeness (QED) is 0.801. The van der Waals surface area contributed by atoms with Crippen molar-refractivity contribution in [3.05, 3.63) is 0 Å². The molecule has 0 aromatic carbocycles. The van der Waals surface area contributed by atoms with E-state index in [1.807, 2.05) is 0 Å². The predicted molar refractivity (Wildman–Crippen MR) is 73.9 cm³/mol. The van der Waals surface area contributed by atoms with Crippen molar-refractivity contribution in [1.29, 1.82) is 0 Å². The van der Waals surface area contributed by atoms with Gasteiger partial charge in [-0.15, -0.1) is 0 Å². The van der Waals surface area contributed by atoms with Crippen LogP contribution in [-0.4, -0.2) is 30.1 Å². The maximum Gasteiger partial charge on any atom is 0.0337 e. The first-order valence-corrected chi connectivity index (χ1v) is 7.42. The summed E-state index contributed by atoms with van der Waals surface area (Å²) in [4.78, 5) is 2.73. The third kappa shape index (κ3) is 2.53. The zero-order valence-electron chi connectivity index (χ0n) is 12.1. The largest absolute Gasteiger partial charge is 0.329 e. The van der Waals surface area contributed by atoms with E-state index < -0.39 is 0 Å². The molecule has 1 heterocycles. The molecule has 0 radical (unpaired) electrons. The fourth-order valence-corrected chi connectivity index (χ4v) is 4.31. The number of likely N-dealkylation sites (tertiary alicyclic amines) is 1. The van der Waals surface area contributed by atoms with Crippen molar-refractivity contribution in [3.8, 4) is 0 Å². The Labute approximate surface area is 107 Å². The third-order valence-electron chi connectivity index (χ3n) is 5.30.